The van der Waals surface area contributed by atoms with Gasteiger partial charge in [-0.25, -0.2) is 0 Å². The molecule has 20 heavy (non-hydrogen) atoms. The standard InChI is InChI=1S/C14H18N2O3S/c1-3-16(13-7-5-4-6-11(13)2)20(17,18)14-9-8-12(10-15)19-14/h4-9H,3,10,15H2,1-2H3. The summed E-state index contributed by atoms with van der Waals surface area (Å²) in [5.74, 6) is 0.449. The van der Waals surface area contributed by atoms with Crippen molar-refractivity contribution >= 4 is 15.7 Å². The summed E-state index contributed by atoms with van der Waals surface area (Å²) in [6, 6.07) is 10.4. The van der Waals surface area contributed by atoms with E-state index in [1.807, 2.05) is 25.1 Å². The van der Waals surface area contributed by atoms with Crippen LogP contribution in [0.25, 0.3) is 0 Å². The van der Waals surface area contributed by atoms with E-state index in [-0.39, 0.29) is 11.6 Å². The van der Waals surface area contributed by atoms with Gasteiger partial charge in [0.05, 0.1) is 12.2 Å². The zero-order chi connectivity index (χ0) is 14.8. The van der Waals surface area contributed by atoms with Gasteiger partial charge in [-0.05, 0) is 37.6 Å². The molecule has 2 rings (SSSR count). The molecule has 0 aliphatic heterocycles. The molecule has 0 radical (unpaired) electrons. The molecule has 1 aromatic heterocycles. The number of benzene rings is 1. The Morgan fingerprint density at radius 2 is 1.90 bits per heavy atom. The van der Waals surface area contributed by atoms with E-state index < -0.39 is 10.0 Å². The molecule has 0 aliphatic carbocycles. The van der Waals surface area contributed by atoms with Crippen molar-refractivity contribution in [1.29, 1.82) is 0 Å². The zero-order valence-electron chi connectivity index (χ0n) is 11.5. The Morgan fingerprint density at radius 3 is 2.45 bits per heavy atom. The highest BCUT2D eigenvalue weighted by Gasteiger charge is 2.27. The fraction of sp³-hybridized carbons (Fsp3) is 0.286. The maximum absolute atomic E-state index is 12.6. The molecule has 0 aliphatic rings. The first kappa shape index (κ1) is 14.6. The fourth-order valence-electron chi connectivity index (χ4n) is 2.03. The lowest BCUT2D eigenvalue weighted by Gasteiger charge is -2.23. The molecule has 0 unspecified atom stereocenters. The minimum absolute atomic E-state index is 0.0805. The second-order valence-corrected chi connectivity index (χ2v) is 6.17. The maximum Gasteiger partial charge on any atom is 0.297 e. The molecule has 0 amide bonds. The molecule has 0 bridgehead atoms. The number of sulfonamides is 1. The first-order valence-corrected chi connectivity index (χ1v) is 7.82. The van der Waals surface area contributed by atoms with E-state index in [0.29, 0.717) is 18.0 Å². The third-order valence-electron chi connectivity index (χ3n) is 3.05. The summed E-state index contributed by atoms with van der Waals surface area (Å²) < 4.78 is 31.9. The predicted octanol–water partition coefficient (Wildman–Crippen LogP) is 2.26. The number of anilines is 1. The fourth-order valence-corrected chi connectivity index (χ4v) is 3.50. The van der Waals surface area contributed by atoms with Crippen LogP contribution < -0.4 is 10.0 Å². The van der Waals surface area contributed by atoms with Gasteiger partial charge in [0, 0.05) is 6.54 Å². The van der Waals surface area contributed by atoms with Crippen LogP contribution in [-0.2, 0) is 16.6 Å². The van der Waals surface area contributed by atoms with Crippen molar-refractivity contribution in [3.8, 4) is 0 Å². The average Bonchev–Trinajstić information content (AvgIpc) is 2.91. The van der Waals surface area contributed by atoms with E-state index in [1.54, 1.807) is 19.1 Å². The van der Waals surface area contributed by atoms with Crippen LogP contribution in [0.1, 0.15) is 18.2 Å². The van der Waals surface area contributed by atoms with Crippen LogP contribution in [0.3, 0.4) is 0 Å². The molecule has 0 spiro atoms. The third kappa shape index (κ3) is 2.57. The highest BCUT2D eigenvalue weighted by atomic mass is 32.2. The number of furan rings is 1. The molecule has 0 saturated carbocycles. The van der Waals surface area contributed by atoms with Gasteiger partial charge < -0.3 is 10.2 Å². The minimum atomic E-state index is -3.70. The van der Waals surface area contributed by atoms with Crippen molar-refractivity contribution in [1.82, 2.24) is 0 Å². The Morgan fingerprint density at radius 1 is 1.20 bits per heavy atom. The third-order valence-corrected chi connectivity index (χ3v) is 4.82. The monoisotopic (exact) mass is 294 g/mol. The number of hydrogen-bond donors (Lipinski definition) is 1. The van der Waals surface area contributed by atoms with E-state index >= 15 is 0 Å². The molecule has 1 aromatic carbocycles. The SMILES string of the molecule is CCN(c1ccccc1C)S(=O)(=O)c1ccc(CN)o1. The van der Waals surface area contributed by atoms with E-state index in [2.05, 4.69) is 0 Å². The maximum atomic E-state index is 12.6. The second-order valence-electron chi connectivity index (χ2n) is 4.38. The lowest BCUT2D eigenvalue weighted by atomic mass is 10.2. The van der Waals surface area contributed by atoms with Gasteiger partial charge in [0.2, 0.25) is 5.09 Å². The summed E-state index contributed by atoms with van der Waals surface area (Å²) >= 11 is 0. The van der Waals surface area contributed by atoms with E-state index in [9.17, 15) is 8.42 Å². The number of para-hydroxylation sites is 1. The van der Waals surface area contributed by atoms with Gasteiger partial charge in [0.25, 0.3) is 10.0 Å². The second kappa shape index (κ2) is 5.68. The summed E-state index contributed by atoms with van der Waals surface area (Å²) in [5, 5.41) is -0.0805. The van der Waals surface area contributed by atoms with Crippen LogP contribution in [0.2, 0.25) is 0 Å². The summed E-state index contributed by atoms with van der Waals surface area (Å²) in [5.41, 5.74) is 6.99. The minimum Gasteiger partial charge on any atom is -0.446 e. The Kier molecular flexibility index (Phi) is 4.15. The first-order valence-electron chi connectivity index (χ1n) is 6.38. The average molecular weight is 294 g/mol. The predicted molar refractivity (Wildman–Crippen MR) is 78.0 cm³/mol. The summed E-state index contributed by atoms with van der Waals surface area (Å²) in [4.78, 5) is 0. The van der Waals surface area contributed by atoms with Crippen molar-refractivity contribution in [3.63, 3.8) is 0 Å². The van der Waals surface area contributed by atoms with Gasteiger partial charge in [-0.2, -0.15) is 8.42 Å². The molecule has 1 heterocycles. The Bertz CT molecular complexity index is 692. The largest absolute Gasteiger partial charge is 0.446 e. The summed E-state index contributed by atoms with van der Waals surface area (Å²) in [7, 11) is -3.70. The van der Waals surface area contributed by atoms with Gasteiger partial charge in [0.1, 0.15) is 5.76 Å². The van der Waals surface area contributed by atoms with Crippen molar-refractivity contribution in [2.45, 2.75) is 25.5 Å². The molecule has 0 saturated heterocycles. The van der Waals surface area contributed by atoms with Crippen LogP contribution in [0, 0.1) is 6.92 Å². The number of rotatable bonds is 5. The van der Waals surface area contributed by atoms with Gasteiger partial charge in [0.15, 0.2) is 0 Å². The van der Waals surface area contributed by atoms with Gasteiger partial charge >= 0.3 is 0 Å². The molecule has 6 heteroatoms. The molecule has 0 atom stereocenters. The molecule has 2 N–H and O–H groups in total. The van der Waals surface area contributed by atoms with Crippen LogP contribution in [0.15, 0.2) is 45.9 Å². The Hall–Kier alpha value is -1.79. The highest BCUT2D eigenvalue weighted by Crippen LogP contribution is 2.27. The van der Waals surface area contributed by atoms with Crippen LogP contribution in [0.4, 0.5) is 5.69 Å². The Balaban J connectivity index is 2.48. The molecule has 5 nitrogen and oxygen atoms in total. The first-order chi connectivity index (χ1) is 9.50. The topological polar surface area (TPSA) is 76.5 Å². The van der Waals surface area contributed by atoms with Crippen molar-refractivity contribution in [2.24, 2.45) is 5.73 Å². The molecular weight excluding hydrogens is 276 g/mol. The summed E-state index contributed by atoms with van der Waals surface area (Å²) in [6.07, 6.45) is 0. The normalized spacial score (nSPS) is 11.6. The van der Waals surface area contributed by atoms with E-state index in [1.165, 1.54) is 10.4 Å². The molecule has 108 valence electrons. The number of hydrogen-bond acceptors (Lipinski definition) is 4. The quantitative estimate of drug-likeness (QED) is 0.917. The highest BCUT2D eigenvalue weighted by molar-refractivity contribution is 7.92. The Labute approximate surface area is 119 Å². The van der Waals surface area contributed by atoms with E-state index in [4.69, 9.17) is 10.2 Å². The smallest absolute Gasteiger partial charge is 0.297 e. The van der Waals surface area contributed by atoms with Crippen LogP contribution in [-0.4, -0.2) is 15.0 Å². The van der Waals surface area contributed by atoms with Crippen LogP contribution in [0.5, 0.6) is 0 Å². The van der Waals surface area contributed by atoms with Crippen LogP contribution >= 0.6 is 0 Å². The van der Waals surface area contributed by atoms with Gasteiger partial charge in [-0.3, -0.25) is 4.31 Å². The lowest BCUT2D eigenvalue weighted by Crippen LogP contribution is -2.31. The van der Waals surface area contributed by atoms with Crippen molar-refractivity contribution < 1.29 is 12.8 Å². The number of aryl methyl sites for hydroxylation is 1. The number of nitrogens with two attached hydrogens (primary N) is 1. The van der Waals surface area contributed by atoms with Gasteiger partial charge in [-0.1, -0.05) is 18.2 Å². The number of nitrogens with zero attached hydrogens (tertiary/aromatic N) is 1. The zero-order valence-corrected chi connectivity index (χ0v) is 12.4. The van der Waals surface area contributed by atoms with E-state index in [0.717, 1.165) is 5.56 Å². The molecular formula is C14H18N2O3S. The van der Waals surface area contributed by atoms with Gasteiger partial charge in [-0.15, -0.1) is 0 Å². The van der Waals surface area contributed by atoms with Crippen molar-refractivity contribution in [2.75, 3.05) is 10.8 Å². The summed E-state index contributed by atoms with van der Waals surface area (Å²) in [6.45, 7) is 4.16. The molecule has 0 fully saturated rings. The van der Waals surface area contributed by atoms with Crippen molar-refractivity contribution in [3.05, 3.63) is 47.7 Å². The lowest BCUT2D eigenvalue weighted by molar-refractivity contribution is 0.415. The molecule has 2 aromatic rings.